The number of hydrogen-bond acceptors (Lipinski definition) is 8. The maximum Gasteiger partial charge on any atom is 0.408 e. The van der Waals surface area contributed by atoms with Crippen LogP contribution in [0.3, 0.4) is 0 Å². The molecule has 2 aliphatic carbocycles. The van der Waals surface area contributed by atoms with Crippen LogP contribution >= 0.6 is 0 Å². The molecule has 2 aliphatic heterocycles. The Kier molecular flexibility index (Phi) is 7.74. The largest absolute Gasteiger partial charge is 0.486 e. The van der Waals surface area contributed by atoms with E-state index in [0.29, 0.717) is 36.5 Å². The molecule has 0 aromatic carbocycles. The number of alkyl halides is 1. The molecule has 2 saturated carbocycles. The number of amides is 3. The first-order valence-corrected chi connectivity index (χ1v) is 14.3. The van der Waals surface area contributed by atoms with Gasteiger partial charge in [-0.25, -0.2) is 9.18 Å². The number of halogens is 1. The van der Waals surface area contributed by atoms with E-state index in [-0.39, 0.29) is 37.0 Å². The van der Waals surface area contributed by atoms with E-state index >= 15 is 4.39 Å². The molecule has 5 rings (SSSR count). The highest BCUT2D eigenvalue weighted by Gasteiger charge is 2.63. The molecule has 1 aromatic rings. The van der Waals surface area contributed by atoms with Crippen LogP contribution in [0.2, 0.25) is 0 Å². The zero-order valence-electron chi connectivity index (χ0n) is 24.1. The second-order valence-electron chi connectivity index (χ2n) is 12.8. The molecule has 12 heteroatoms. The van der Waals surface area contributed by atoms with Gasteiger partial charge in [0.05, 0.1) is 23.9 Å². The molecule has 2 unspecified atom stereocenters. The number of likely N-dealkylation sites (tertiary alicyclic amines) is 1. The van der Waals surface area contributed by atoms with Crippen molar-refractivity contribution >= 4 is 17.9 Å². The van der Waals surface area contributed by atoms with Crippen molar-refractivity contribution in [2.24, 2.45) is 29.1 Å². The molecular formula is C29H38FN5O6. The smallest absolute Gasteiger partial charge is 0.408 e. The third-order valence-corrected chi connectivity index (χ3v) is 8.74. The van der Waals surface area contributed by atoms with Gasteiger partial charge in [0.2, 0.25) is 11.8 Å². The van der Waals surface area contributed by atoms with E-state index in [9.17, 15) is 19.6 Å². The summed E-state index contributed by atoms with van der Waals surface area (Å²) in [5, 5.41) is 15.5. The molecule has 3 fully saturated rings. The van der Waals surface area contributed by atoms with Gasteiger partial charge in [0, 0.05) is 12.7 Å². The molecule has 0 spiro atoms. The van der Waals surface area contributed by atoms with Crippen molar-refractivity contribution in [3.8, 4) is 17.6 Å². The molecule has 1 saturated heterocycles. The molecule has 0 radical (unpaired) electrons. The van der Waals surface area contributed by atoms with Gasteiger partial charge < -0.3 is 29.7 Å². The van der Waals surface area contributed by atoms with Crippen molar-refractivity contribution in [1.29, 1.82) is 5.26 Å². The normalized spacial score (nSPS) is 29.4. The summed E-state index contributed by atoms with van der Waals surface area (Å²) in [6, 6.07) is -1.04. The number of carbonyl (C=O) groups excluding carboxylic acids is 3. The number of alkyl carbamates (subject to hydrolysis) is 1. The minimum atomic E-state index is -1.14. The molecule has 4 aliphatic rings. The van der Waals surface area contributed by atoms with Crippen LogP contribution in [0.5, 0.6) is 11.5 Å². The van der Waals surface area contributed by atoms with Gasteiger partial charge >= 0.3 is 6.09 Å². The number of aromatic nitrogens is 1. The van der Waals surface area contributed by atoms with Crippen LogP contribution in [0.4, 0.5) is 9.18 Å². The third kappa shape index (κ3) is 5.38. The van der Waals surface area contributed by atoms with Crippen molar-refractivity contribution in [3.05, 3.63) is 18.0 Å². The highest BCUT2D eigenvalue weighted by Crippen LogP contribution is 2.58. The summed E-state index contributed by atoms with van der Waals surface area (Å²) in [7, 11) is 0. The van der Waals surface area contributed by atoms with Gasteiger partial charge in [-0.1, -0.05) is 20.8 Å². The molecule has 11 nitrogen and oxygen atoms in total. The monoisotopic (exact) mass is 571 g/mol. The van der Waals surface area contributed by atoms with E-state index < -0.39 is 53.5 Å². The second-order valence-corrected chi connectivity index (χ2v) is 12.8. The first kappa shape index (κ1) is 28.9. The maximum atomic E-state index is 15.0. The van der Waals surface area contributed by atoms with Crippen LogP contribution in [0.1, 0.15) is 59.1 Å². The highest BCUT2D eigenvalue weighted by molar-refractivity contribution is 5.93. The van der Waals surface area contributed by atoms with Crippen LogP contribution in [-0.2, 0) is 14.3 Å². The molecular weight excluding hydrogens is 533 g/mol. The first-order chi connectivity index (χ1) is 19.4. The van der Waals surface area contributed by atoms with Crippen LogP contribution < -0.4 is 20.1 Å². The molecule has 41 heavy (non-hydrogen) atoms. The summed E-state index contributed by atoms with van der Waals surface area (Å²) >= 11 is 0. The predicted octanol–water partition coefficient (Wildman–Crippen LogP) is 2.90. The minimum absolute atomic E-state index is 0.0432. The Bertz CT molecular complexity index is 1250. The van der Waals surface area contributed by atoms with Crippen LogP contribution in [0, 0.1) is 40.4 Å². The predicted molar refractivity (Wildman–Crippen MR) is 143 cm³/mol. The third-order valence-electron chi connectivity index (χ3n) is 8.74. The average Bonchev–Trinajstić information content (AvgIpc) is 3.59. The zero-order chi connectivity index (χ0) is 29.6. The van der Waals surface area contributed by atoms with Crippen LogP contribution in [0.25, 0.3) is 0 Å². The molecule has 8 atom stereocenters. The molecule has 3 amide bonds. The Morgan fingerprint density at radius 1 is 1.15 bits per heavy atom. The van der Waals surface area contributed by atoms with Crippen molar-refractivity contribution in [2.75, 3.05) is 19.8 Å². The summed E-state index contributed by atoms with van der Waals surface area (Å²) in [5.74, 6) is -0.996. The lowest BCUT2D eigenvalue weighted by Crippen LogP contribution is -2.59. The van der Waals surface area contributed by atoms with E-state index in [2.05, 4.69) is 21.7 Å². The second kappa shape index (κ2) is 11.0. The Hall–Kier alpha value is -3.62. The number of hydrogen-bond donors (Lipinski definition) is 2. The fourth-order valence-electron chi connectivity index (χ4n) is 7.06. The first-order valence-electron chi connectivity index (χ1n) is 14.3. The molecule has 2 N–H and O–H groups in total. The number of ether oxygens (including phenoxy) is 3. The average molecular weight is 572 g/mol. The van der Waals surface area contributed by atoms with Gasteiger partial charge in [-0.2, -0.15) is 5.26 Å². The van der Waals surface area contributed by atoms with Gasteiger partial charge in [0.15, 0.2) is 11.5 Å². The zero-order valence-corrected chi connectivity index (χ0v) is 24.1. The lowest BCUT2D eigenvalue weighted by atomic mass is 9.77. The summed E-state index contributed by atoms with van der Waals surface area (Å²) in [6.07, 6.45) is 1.85. The SMILES string of the molecule is CC(C)OC(=O)N[C@H](C(=O)N1C[C@@H]2[C@@H]3CC(F)[C@@H](C3)[C@@H]2[C@H]1C(=O)NC(C#N)c1cncc2c1OCCO2)C(C)(C)C. The lowest BCUT2D eigenvalue weighted by molar-refractivity contribution is -0.143. The number of nitrogens with one attached hydrogen (secondary N) is 2. The topological polar surface area (TPSA) is 143 Å². The summed E-state index contributed by atoms with van der Waals surface area (Å²) in [5.41, 5.74) is -0.373. The molecule has 2 bridgehead atoms. The van der Waals surface area contributed by atoms with Crippen molar-refractivity contribution < 1.29 is 33.0 Å². The minimum Gasteiger partial charge on any atom is -0.486 e. The van der Waals surface area contributed by atoms with Gasteiger partial charge in [-0.15, -0.1) is 0 Å². The number of rotatable bonds is 6. The van der Waals surface area contributed by atoms with E-state index in [0.717, 1.165) is 0 Å². The Morgan fingerprint density at radius 2 is 1.88 bits per heavy atom. The van der Waals surface area contributed by atoms with E-state index in [1.54, 1.807) is 13.8 Å². The van der Waals surface area contributed by atoms with Crippen LogP contribution in [-0.4, -0.2) is 71.9 Å². The van der Waals surface area contributed by atoms with Crippen molar-refractivity contribution in [2.45, 2.75) is 77.9 Å². The maximum absolute atomic E-state index is 15.0. The molecule has 1 aromatic heterocycles. The van der Waals surface area contributed by atoms with Gasteiger partial charge in [-0.05, 0) is 55.8 Å². The van der Waals surface area contributed by atoms with Crippen molar-refractivity contribution in [1.82, 2.24) is 20.5 Å². The Labute approximate surface area is 239 Å². The number of carbonyl (C=O) groups is 3. The van der Waals surface area contributed by atoms with E-state index in [1.165, 1.54) is 17.3 Å². The van der Waals surface area contributed by atoms with E-state index in [1.807, 2.05) is 20.8 Å². The Morgan fingerprint density at radius 3 is 2.56 bits per heavy atom. The lowest BCUT2D eigenvalue weighted by Gasteiger charge is -2.37. The summed E-state index contributed by atoms with van der Waals surface area (Å²) < 4.78 is 31.6. The number of nitriles is 1. The van der Waals surface area contributed by atoms with E-state index in [4.69, 9.17) is 14.2 Å². The van der Waals surface area contributed by atoms with Gasteiger partial charge in [-0.3, -0.25) is 14.6 Å². The summed E-state index contributed by atoms with van der Waals surface area (Å²) in [4.78, 5) is 46.4. The Balaban J connectivity index is 1.45. The number of nitrogens with zero attached hydrogens (tertiary/aromatic N) is 3. The van der Waals surface area contributed by atoms with Gasteiger partial charge in [0.25, 0.3) is 0 Å². The highest BCUT2D eigenvalue weighted by atomic mass is 19.1. The number of fused-ring (bicyclic) bond motifs is 6. The fourth-order valence-corrected chi connectivity index (χ4v) is 7.06. The van der Waals surface area contributed by atoms with Crippen molar-refractivity contribution in [3.63, 3.8) is 0 Å². The molecule has 3 heterocycles. The fraction of sp³-hybridized carbons (Fsp3) is 0.690. The quantitative estimate of drug-likeness (QED) is 0.531. The van der Waals surface area contributed by atoms with Crippen LogP contribution in [0.15, 0.2) is 12.4 Å². The molecule has 222 valence electrons. The van der Waals surface area contributed by atoms with Gasteiger partial charge in [0.1, 0.15) is 37.5 Å². The summed E-state index contributed by atoms with van der Waals surface area (Å²) in [6.45, 7) is 9.77. The standard InChI is InChI=1S/C29H38FN5O6/c1-14(2)41-28(38)34-25(29(3,4)5)27(37)35-13-18-15-8-16(19(30)9-15)22(18)23(35)26(36)33-20(10-31)17-11-32-12-21-24(17)40-7-6-39-21/h11-12,14-16,18-20,22-23,25H,6-9,13H2,1-5H3,(H,33,36)(H,34,38)/t15-,16+,18+,19?,20?,22-,23-,25+/m0/s1. The number of pyridine rings is 1.